The third-order valence-corrected chi connectivity index (χ3v) is 8.79. The van der Waals surface area contributed by atoms with Gasteiger partial charge in [0.05, 0.1) is 15.1 Å². The van der Waals surface area contributed by atoms with Crippen molar-refractivity contribution in [3.8, 4) is 10.8 Å². The van der Waals surface area contributed by atoms with Crippen LogP contribution in [-0.4, -0.2) is 61.2 Å². The highest BCUT2D eigenvalue weighted by Gasteiger charge is 2.28. The molecule has 0 saturated carbocycles. The number of carbonyl (C=O) groups excluding carboxylic acids is 1. The Morgan fingerprint density at radius 1 is 1.06 bits per heavy atom. The van der Waals surface area contributed by atoms with Gasteiger partial charge in [0.2, 0.25) is 10.0 Å². The predicted octanol–water partition coefficient (Wildman–Crippen LogP) is 4.13. The Morgan fingerprint density at radius 3 is 2.62 bits per heavy atom. The molecule has 4 aromatic rings. The van der Waals surface area contributed by atoms with Crippen LogP contribution < -0.4 is 5.32 Å². The van der Waals surface area contributed by atoms with Crippen molar-refractivity contribution in [3.63, 3.8) is 0 Å². The highest BCUT2D eigenvalue weighted by atomic mass is 32.2. The number of sulfonamides is 1. The topological polar surface area (TPSA) is 95.8 Å². The first-order chi connectivity index (χ1) is 16.4. The Labute approximate surface area is 201 Å². The molecule has 10 heteroatoms. The molecular weight excluding hydrogens is 472 g/mol. The highest BCUT2D eigenvalue weighted by molar-refractivity contribution is 7.89. The Morgan fingerprint density at radius 2 is 1.85 bits per heavy atom. The monoisotopic (exact) mass is 496 g/mol. The van der Waals surface area contributed by atoms with Gasteiger partial charge in [-0.15, -0.1) is 11.3 Å². The maximum Gasteiger partial charge on any atom is 0.291 e. The Bertz CT molecular complexity index is 1400. The largest absolute Gasteiger partial charge is 0.448 e. The summed E-state index contributed by atoms with van der Waals surface area (Å²) in [5.41, 5.74) is 1.26. The maximum absolute atomic E-state index is 13.1. The van der Waals surface area contributed by atoms with E-state index in [2.05, 4.69) is 22.1 Å². The number of para-hydroxylation sites is 1. The van der Waals surface area contributed by atoms with Crippen molar-refractivity contribution in [1.82, 2.24) is 14.2 Å². The summed E-state index contributed by atoms with van der Waals surface area (Å²) in [6.45, 7) is 5.30. The number of fused-ring (bicyclic) bond motifs is 1. The number of likely N-dealkylation sites (N-methyl/N-ethyl adjacent to an activating group) is 1. The molecule has 1 fully saturated rings. The normalized spacial score (nSPS) is 15.6. The van der Waals surface area contributed by atoms with Crippen LogP contribution in [0.4, 0.5) is 5.69 Å². The smallest absolute Gasteiger partial charge is 0.291 e. The molecule has 1 saturated heterocycles. The minimum atomic E-state index is -3.64. The summed E-state index contributed by atoms with van der Waals surface area (Å²) >= 11 is 1.49. The van der Waals surface area contributed by atoms with E-state index >= 15 is 0 Å². The fourth-order valence-corrected chi connectivity index (χ4v) is 6.31. The number of aromatic nitrogens is 1. The van der Waals surface area contributed by atoms with Crippen LogP contribution in [0.3, 0.4) is 0 Å². The standard InChI is InChI=1S/C24H24N4O4S2/c1-2-27-12-14-28(15-13-27)34(30,31)18-7-5-6-17(16-18)25-23(29)20-10-11-21(32-20)24-26-19-8-3-4-9-22(19)33-24/h3-11,16H,2,12-15H2,1H3,(H,25,29). The Hall–Kier alpha value is -3.05. The summed E-state index contributed by atoms with van der Waals surface area (Å²) in [6, 6.07) is 17.4. The van der Waals surface area contributed by atoms with Gasteiger partial charge in [0.15, 0.2) is 16.5 Å². The van der Waals surface area contributed by atoms with Gasteiger partial charge in [0, 0.05) is 31.9 Å². The maximum atomic E-state index is 13.1. The van der Waals surface area contributed by atoms with Gasteiger partial charge in [-0.1, -0.05) is 25.1 Å². The molecule has 1 N–H and O–H groups in total. The van der Waals surface area contributed by atoms with E-state index in [4.69, 9.17) is 4.42 Å². The molecule has 2 aromatic heterocycles. The number of carbonyl (C=O) groups is 1. The van der Waals surface area contributed by atoms with Crippen molar-refractivity contribution in [1.29, 1.82) is 0 Å². The van der Waals surface area contributed by atoms with E-state index in [1.54, 1.807) is 30.3 Å². The van der Waals surface area contributed by atoms with Crippen molar-refractivity contribution in [2.75, 3.05) is 38.0 Å². The van der Waals surface area contributed by atoms with Gasteiger partial charge in [0.1, 0.15) is 0 Å². The number of hydrogen-bond donors (Lipinski definition) is 1. The quantitative estimate of drug-likeness (QED) is 0.431. The van der Waals surface area contributed by atoms with Crippen molar-refractivity contribution in [2.24, 2.45) is 0 Å². The van der Waals surface area contributed by atoms with Gasteiger partial charge < -0.3 is 14.6 Å². The lowest BCUT2D eigenvalue weighted by Gasteiger charge is -2.33. The molecule has 3 heterocycles. The highest BCUT2D eigenvalue weighted by Crippen LogP contribution is 2.31. The zero-order chi connectivity index (χ0) is 23.7. The molecular formula is C24H24N4O4S2. The molecule has 34 heavy (non-hydrogen) atoms. The van der Waals surface area contributed by atoms with Gasteiger partial charge in [-0.2, -0.15) is 4.31 Å². The van der Waals surface area contributed by atoms with Crippen molar-refractivity contribution in [3.05, 3.63) is 66.4 Å². The van der Waals surface area contributed by atoms with E-state index in [0.29, 0.717) is 42.6 Å². The molecule has 1 amide bonds. The number of amides is 1. The number of nitrogens with zero attached hydrogens (tertiary/aromatic N) is 3. The molecule has 2 aromatic carbocycles. The van der Waals surface area contributed by atoms with E-state index in [1.807, 2.05) is 24.3 Å². The first-order valence-electron chi connectivity index (χ1n) is 11.0. The van der Waals surface area contributed by atoms with Crippen LogP contribution in [0.1, 0.15) is 17.5 Å². The molecule has 0 atom stereocenters. The zero-order valence-electron chi connectivity index (χ0n) is 18.6. The summed E-state index contributed by atoms with van der Waals surface area (Å²) in [4.78, 5) is 19.7. The minimum Gasteiger partial charge on any atom is -0.448 e. The number of furan rings is 1. The van der Waals surface area contributed by atoms with Crippen LogP contribution in [0.5, 0.6) is 0 Å². The number of anilines is 1. The average Bonchev–Trinajstić information content (AvgIpc) is 3.52. The second kappa shape index (κ2) is 9.30. The average molecular weight is 497 g/mol. The SMILES string of the molecule is CCN1CCN(S(=O)(=O)c2cccc(NC(=O)c3ccc(-c4nc5ccccc5s4)o3)c2)CC1. The van der Waals surface area contributed by atoms with Crippen LogP contribution in [0.2, 0.25) is 0 Å². The summed E-state index contributed by atoms with van der Waals surface area (Å²) in [5, 5.41) is 3.43. The number of hydrogen-bond acceptors (Lipinski definition) is 7. The van der Waals surface area contributed by atoms with Crippen LogP contribution in [0, 0.1) is 0 Å². The summed E-state index contributed by atoms with van der Waals surface area (Å²) in [7, 11) is -3.64. The van der Waals surface area contributed by atoms with Crippen LogP contribution in [0.15, 0.2) is 70.0 Å². The second-order valence-corrected chi connectivity index (χ2v) is 10.9. The lowest BCUT2D eigenvalue weighted by Crippen LogP contribution is -2.48. The molecule has 176 valence electrons. The van der Waals surface area contributed by atoms with E-state index in [1.165, 1.54) is 21.7 Å². The molecule has 1 aliphatic heterocycles. The summed E-state index contributed by atoms with van der Waals surface area (Å²) < 4.78 is 34.5. The second-order valence-electron chi connectivity index (χ2n) is 7.97. The first kappa shape index (κ1) is 22.7. The fourth-order valence-electron chi connectivity index (χ4n) is 3.91. The lowest BCUT2D eigenvalue weighted by atomic mass is 10.3. The van der Waals surface area contributed by atoms with E-state index < -0.39 is 15.9 Å². The zero-order valence-corrected chi connectivity index (χ0v) is 20.2. The molecule has 0 radical (unpaired) electrons. The third-order valence-electron chi connectivity index (χ3n) is 5.84. The molecule has 0 aliphatic carbocycles. The number of benzene rings is 2. The number of rotatable bonds is 6. The lowest BCUT2D eigenvalue weighted by molar-refractivity contribution is 0.0997. The third kappa shape index (κ3) is 4.49. The number of thiazole rings is 1. The summed E-state index contributed by atoms with van der Waals surface area (Å²) in [5.74, 6) is 0.172. The van der Waals surface area contributed by atoms with E-state index in [-0.39, 0.29) is 10.7 Å². The predicted molar refractivity (Wildman–Crippen MR) is 133 cm³/mol. The molecule has 5 rings (SSSR count). The van der Waals surface area contributed by atoms with Crippen molar-refractivity contribution in [2.45, 2.75) is 11.8 Å². The molecule has 8 nitrogen and oxygen atoms in total. The van der Waals surface area contributed by atoms with Gasteiger partial charge in [-0.05, 0) is 49.0 Å². The van der Waals surface area contributed by atoms with Crippen molar-refractivity contribution >= 4 is 43.2 Å². The minimum absolute atomic E-state index is 0.123. The van der Waals surface area contributed by atoms with Gasteiger partial charge in [-0.25, -0.2) is 13.4 Å². The molecule has 0 bridgehead atoms. The van der Waals surface area contributed by atoms with Crippen LogP contribution in [0.25, 0.3) is 21.0 Å². The molecule has 1 aliphatic rings. The first-order valence-corrected chi connectivity index (χ1v) is 13.3. The fraction of sp³-hybridized carbons (Fsp3) is 0.250. The molecule has 0 unspecified atom stereocenters. The van der Waals surface area contributed by atoms with E-state index in [9.17, 15) is 13.2 Å². The summed E-state index contributed by atoms with van der Waals surface area (Å²) in [6.07, 6.45) is 0. The van der Waals surface area contributed by atoms with E-state index in [0.717, 1.165) is 16.8 Å². The van der Waals surface area contributed by atoms with Gasteiger partial charge in [0.25, 0.3) is 5.91 Å². The van der Waals surface area contributed by atoms with Crippen molar-refractivity contribution < 1.29 is 17.6 Å². The Kier molecular flexibility index (Phi) is 6.22. The molecule has 0 spiro atoms. The number of nitrogens with one attached hydrogen (secondary N) is 1. The van der Waals surface area contributed by atoms with Crippen LogP contribution >= 0.6 is 11.3 Å². The van der Waals surface area contributed by atoms with Gasteiger partial charge in [-0.3, -0.25) is 4.79 Å². The number of piperazine rings is 1. The Balaban J connectivity index is 1.31. The van der Waals surface area contributed by atoms with Gasteiger partial charge >= 0.3 is 0 Å². The van der Waals surface area contributed by atoms with Crippen LogP contribution in [-0.2, 0) is 10.0 Å².